The molecule has 0 saturated heterocycles. The third-order valence-electron chi connectivity index (χ3n) is 5.86. The minimum absolute atomic E-state index is 0.0366. The maximum Gasteiger partial charge on any atom is 0.383 e. The van der Waals surface area contributed by atoms with Gasteiger partial charge in [0, 0.05) is 24.1 Å². The van der Waals surface area contributed by atoms with Gasteiger partial charge in [-0.15, -0.1) is 6.42 Å². The fourth-order valence-electron chi connectivity index (χ4n) is 3.44. The van der Waals surface area contributed by atoms with Crippen molar-refractivity contribution < 1.29 is 42.6 Å². The summed E-state index contributed by atoms with van der Waals surface area (Å²) in [6.07, 6.45) is 6.81. The SMILES string of the molecule is C#CC(=O)OC.CC(=O)C=CO/N=C(\N)c1ccc(OCc2ccccc2)cc1F.N/C(=N\O)c1ccc(OCc2ccccc2)cc1F. The minimum Gasteiger partial charge on any atom is -0.489 e. The first kappa shape index (κ1) is 38.5. The zero-order chi connectivity index (χ0) is 36.0. The van der Waals surface area contributed by atoms with Gasteiger partial charge in [-0.25, -0.2) is 13.6 Å². The number of oxime groups is 2. The maximum absolute atomic E-state index is 14.1. The van der Waals surface area contributed by atoms with Gasteiger partial charge in [-0.3, -0.25) is 4.79 Å². The third kappa shape index (κ3) is 14.5. The Morgan fingerprint density at radius 2 is 1.29 bits per heavy atom. The molecule has 0 aliphatic heterocycles. The Labute approximate surface area is 282 Å². The van der Waals surface area contributed by atoms with E-state index in [2.05, 4.69) is 21.5 Å². The lowest BCUT2D eigenvalue weighted by Crippen LogP contribution is -2.15. The molecule has 0 saturated carbocycles. The van der Waals surface area contributed by atoms with Crippen LogP contribution in [0.25, 0.3) is 0 Å². The first-order valence-electron chi connectivity index (χ1n) is 14.2. The number of allylic oxidation sites excluding steroid dienone is 1. The third-order valence-corrected chi connectivity index (χ3v) is 5.86. The number of amidine groups is 2. The molecule has 11 nitrogen and oxygen atoms in total. The van der Waals surface area contributed by atoms with E-state index in [0.29, 0.717) is 24.7 Å². The molecule has 4 rings (SSSR count). The quantitative estimate of drug-likeness (QED) is 0.0216. The van der Waals surface area contributed by atoms with Crippen molar-refractivity contribution in [3.05, 3.63) is 143 Å². The van der Waals surface area contributed by atoms with Crippen LogP contribution in [-0.4, -0.2) is 35.7 Å². The number of halogens is 2. The normalized spacial score (nSPS) is 10.8. The van der Waals surface area contributed by atoms with Crippen LogP contribution in [0.3, 0.4) is 0 Å². The van der Waals surface area contributed by atoms with E-state index in [1.165, 1.54) is 44.4 Å². The average Bonchev–Trinajstić information content (AvgIpc) is 3.12. The summed E-state index contributed by atoms with van der Waals surface area (Å²) in [5, 5.41) is 14.8. The van der Waals surface area contributed by atoms with Gasteiger partial charge in [0.15, 0.2) is 17.5 Å². The Balaban J connectivity index is 0.000000297. The molecule has 0 aromatic heterocycles. The number of terminal acetylenes is 1. The van der Waals surface area contributed by atoms with Crippen LogP contribution in [0.2, 0.25) is 0 Å². The molecule has 254 valence electrons. The zero-order valence-electron chi connectivity index (χ0n) is 26.6. The van der Waals surface area contributed by atoms with E-state index in [9.17, 15) is 18.4 Å². The van der Waals surface area contributed by atoms with Gasteiger partial charge in [0.2, 0.25) is 0 Å². The summed E-state index contributed by atoms with van der Waals surface area (Å²) in [5.41, 5.74) is 13.1. The maximum atomic E-state index is 14.1. The van der Waals surface area contributed by atoms with Gasteiger partial charge in [-0.05, 0) is 42.3 Å². The number of methoxy groups -OCH3 is 1. The number of ether oxygens (including phenoxy) is 3. The number of nitrogens with two attached hydrogens (primary N) is 2. The molecule has 0 bridgehead atoms. The number of ketones is 1. The predicted molar refractivity (Wildman–Crippen MR) is 179 cm³/mol. The number of carbonyl (C=O) groups is 2. The van der Waals surface area contributed by atoms with Gasteiger partial charge in [0.1, 0.15) is 42.6 Å². The molecule has 13 heteroatoms. The van der Waals surface area contributed by atoms with Crippen molar-refractivity contribution in [1.29, 1.82) is 0 Å². The van der Waals surface area contributed by atoms with Crippen molar-refractivity contribution in [3.8, 4) is 23.8 Å². The van der Waals surface area contributed by atoms with Crippen molar-refractivity contribution in [1.82, 2.24) is 0 Å². The first-order chi connectivity index (χ1) is 23.6. The van der Waals surface area contributed by atoms with Crippen molar-refractivity contribution in [2.75, 3.05) is 7.11 Å². The van der Waals surface area contributed by atoms with Crippen molar-refractivity contribution in [3.63, 3.8) is 0 Å². The molecule has 4 aromatic rings. The molecule has 49 heavy (non-hydrogen) atoms. The first-order valence-corrected chi connectivity index (χ1v) is 14.2. The van der Waals surface area contributed by atoms with Gasteiger partial charge < -0.3 is 35.7 Å². The molecule has 0 heterocycles. The molecule has 0 aliphatic rings. The fourth-order valence-corrected chi connectivity index (χ4v) is 3.44. The Hall–Kier alpha value is -6.68. The van der Waals surface area contributed by atoms with Gasteiger partial charge in [-0.2, -0.15) is 0 Å². The van der Waals surface area contributed by atoms with Crippen LogP contribution in [-0.2, 0) is 32.4 Å². The van der Waals surface area contributed by atoms with Crippen molar-refractivity contribution in [2.45, 2.75) is 20.1 Å². The molecule has 0 aliphatic carbocycles. The highest BCUT2D eigenvalue weighted by atomic mass is 19.1. The molecule has 0 unspecified atom stereocenters. The Kier molecular flexibility index (Phi) is 16.6. The van der Waals surface area contributed by atoms with Crippen LogP contribution >= 0.6 is 0 Å². The second kappa shape index (κ2) is 21.2. The zero-order valence-corrected chi connectivity index (χ0v) is 26.6. The summed E-state index contributed by atoms with van der Waals surface area (Å²) in [6.45, 7) is 2.05. The van der Waals surface area contributed by atoms with Gasteiger partial charge >= 0.3 is 5.97 Å². The highest BCUT2D eigenvalue weighted by molar-refractivity contribution is 5.98. The highest BCUT2D eigenvalue weighted by Crippen LogP contribution is 2.19. The smallest absolute Gasteiger partial charge is 0.383 e. The summed E-state index contributed by atoms with van der Waals surface area (Å²) >= 11 is 0. The van der Waals surface area contributed by atoms with Crippen LogP contribution in [0.5, 0.6) is 11.5 Å². The summed E-state index contributed by atoms with van der Waals surface area (Å²) in [6, 6.07) is 27.6. The Morgan fingerprint density at radius 3 is 1.65 bits per heavy atom. The summed E-state index contributed by atoms with van der Waals surface area (Å²) in [7, 11) is 1.24. The van der Waals surface area contributed by atoms with E-state index < -0.39 is 17.6 Å². The van der Waals surface area contributed by atoms with E-state index in [1.807, 2.05) is 60.7 Å². The largest absolute Gasteiger partial charge is 0.489 e. The van der Waals surface area contributed by atoms with E-state index in [-0.39, 0.29) is 28.6 Å². The van der Waals surface area contributed by atoms with Gasteiger partial charge in [-0.1, -0.05) is 71.0 Å². The van der Waals surface area contributed by atoms with E-state index in [1.54, 1.807) is 18.1 Å². The van der Waals surface area contributed by atoms with E-state index in [0.717, 1.165) is 17.4 Å². The second-order valence-electron chi connectivity index (χ2n) is 9.45. The number of benzene rings is 4. The molecule has 0 atom stereocenters. The highest BCUT2D eigenvalue weighted by Gasteiger charge is 2.10. The number of nitrogens with zero attached hydrogens (tertiary/aromatic N) is 2. The van der Waals surface area contributed by atoms with Crippen LogP contribution in [0.15, 0.2) is 120 Å². The Morgan fingerprint density at radius 1 is 0.816 bits per heavy atom. The van der Waals surface area contributed by atoms with E-state index in [4.69, 9.17) is 31.0 Å². The van der Waals surface area contributed by atoms with Crippen LogP contribution in [0.4, 0.5) is 8.78 Å². The number of hydrogen-bond acceptors (Lipinski definition) is 9. The minimum atomic E-state index is -0.630. The molecule has 0 fully saturated rings. The van der Waals surface area contributed by atoms with E-state index >= 15 is 0 Å². The lowest BCUT2D eigenvalue weighted by atomic mass is 10.2. The summed E-state index contributed by atoms with van der Waals surface area (Å²) in [5.74, 6) is 0.0963. The fraction of sp³-hybridized carbons (Fsp3) is 0.111. The Bertz CT molecular complexity index is 1790. The van der Waals surface area contributed by atoms with Crippen molar-refractivity contribution in [2.24, 2.45) is 21.8 Å². The lowest BCUT2D eigenvalue weighted by molar-refractivity contribution is -0.133. The lowest BCUT2D eigenvalue weighted by Gasteiger charge is -2.08. The molecular formula is C36H34F2N4O7. The van der Waals surface area contributed by atoms with Gasteiger partial charge in [0.25, 0.3) is 0 Å². The van der Waals surface area contributed by atoms with Gasteiger partial charge in [0.05, 0.1) is 18.2 Å². The number of esters is 1. The summed E-state index contributed by atoms with van der Waals surface area (Å²) in [4.78, 5) is 25.1. The number of hydrogen-bond donors (Lipinski definition) is 3. The number of carbonyl (C=O) groups excluding carboxylic acids is 2. The molecule has 5 N–H and O–H groups in total. The van der Waals surface area contributed by atoms with Crippen molar-refractivity contribution >= 4 is 23.4 Å². The molecule has 4 aromatic carbocycles. The molecular weight excluding hydrogens is 638 g/mol. The molecule has 0 amide bonds. The predicted octanol–water partition coefficient (Wildman–Crippen LogP) is 5.44. The van der Waals surface area contributed by atoms with Crippen LogP contribution in [0.1, 0.15) is 29.2 Å². The average molecular weight is 673 g/mol. The molecule has 0 radical (unpaired) electrons. The van der Waals surface area contributed by atoms with Crippen LogP contribution < -0.4 is 20.9 Å². The summed E-state index contributed by atoms with van der Waals surface area (Å²) < 4.78 is 42.8. The topological polar surface area (TPSA) is 168 Å². The van der Waals surface area contributed by atoms with Crippen LogP contribution in [0, 0.1) is 24.0 Å². The molecule has 0 spiro atoms. The second-order valence-corrected chi connectivity index (χ2v) is 9.45. The number of rotatable bonds is 11. The monoisotopic (exact) mass is 672 g/mol. The standard InChI is InChI=1S/C18H17FN2O3.C14H13FN2O2.C4H4O2/c1-13(22)9-10-24-21-18(20)16-8-7-15(11-17(16)19)23-12-14-5-3-2-4-6-14;15-13-8-11(6-7-12(13)14(16)17-18)19-9-10-4-2-1-3-5-10;1-3-4(5)6-2/h2-11H,12H2,1H3,(H2,20,21);1-8,18H,9H2,(H2,16,17);1H,2H3.